The van der Waals surface area contributed by atoms with E-state index in [4.69, 9.17) is 5.73 Å². The van der Waals surface area contributed by atoms with E-state index in [9.17, 15) is 30.0 Å². The number of Topliss-reactive ketones (excluding diaryl/α,β-unsaturated/α-hetero) is 1. The molecule has 3 aliphatic carbocycles. The number of aromatic hydroxyl groups is 1. The fraction of sp³-hybridized carbons (Fsp3) is 0.481. The summed E-state index contributed by atoms with van der Waals surface area (Å²) in [6.45, 7) is 8.57. The molecule has 0 aliphatic heterocycles. The average molecular weight is 516 g/mol. The number of rotatable bonds is 6. The molecule has 1 aromatic rings. The number of likely N-dealkylation sites (N-methyl/N-ethyl adjacent to an activating group) is 1. The lowest BCUT2D eigenvalue weighted by Gasteiger charge is -2.52. The van der Waals surface area contributed by atoms with Crippen molar-refractivity contribution in [3.05, 3.63) is 63.4 Å². The molecule has 0 heterocycles. The fourth-order valence-electron chi connectivity index (χ4n) is 6.14. The van der Waals surface area contributed by atoms with Crippen LogP contribution in [0, 0.1) is 23.6 Å². The van der Waals surface area contributed by atoms with Crippen molar-refractivity contribution >= 4 is 11.7 Å². The topological polar surface area (TPSA) is 156 Å². The zero-order chi connectivity index (χ0) is 27.6. The standard InChI is InChI=1S/C27H34FN3O6/c1-11(2)9-30-10-14-8-17(32)20-15(21(14)28)6-13-7-16-22(31(4)5)24(34)18(26(29)36)12(3)27(16,37)25(35)19(13)23(20)33/h8,11,13,16,22,30,32,34-35,37H,3,6-7,9-10H2,1-2,4-5H3,(H2,29,36)/t13-,16?,22-,27-/m0/s1. The zero-order valence-corrected chi connectivity index (χ0v) is 21.4. The first-order chi connectivity index (χ1) is 17.2. The molecule has 9 nitrogen and oxygen atoms in total. The number of amides is 1. The number of carbonyl (C=O) groups is 2. The van der Waals surface area contributed by atoms with Crippen molar-refractivity contribution in [1.82, 2.24) is 10.2 Å². The van der Waals surface area contributed by atoms with E-state index in [1.54, 1.807) is 19.0 Å². The lowest BCUT2D eigenvalue weighted by Crippen LogP contribution is -2.60. The molecule has 4 rings (SSSR count). The molecule has 0 aromatic heterocycles. The van der Waals surface area contributed by atoms with Gasteiger partial charge in [0.05, 0.1) is 17.2 Å². The van der Waals surface area contributed by atoms with Crippen molar-refractivity contribution in [2.24, 2.45) is 23.5 Å². The van der Waals surface area contributed by atoms with E-state index < -0.39 is 63.8 Å². The van der Waals surface area contributed by atoms with E-state index in [0.717, 1.165) is 0 Å². The zero-order valence-electron chi connectivity index (χ0n) is 21.4. The van der Waals surface area contributed by atoms with Gasteiger partial charge >= 0.3 is 0 Å². The third kappa shape index (κ3) is 3.94. The number of nitrogens with two attached hydrogens (primary N) is 1. The van der Waals surface area contributed by atoms with Crippen LogP contribution in [0.3, 0.4) is 0 Å². The molecule has 7 N–H and O–H groups in total. The van der Waals surface area contributed by atoms with E-state index in [-0.39, 0.29) is 47.2 Å². The quantitative estimate of drug-likeness (QED) is 0.336. The number of hydrogen-bond donors (Lipinski definition) is 6. The van der Waals surface area contributed by atoms with Gasteiger partial charge in [0, 0.05) is 34.7 Å². The Bertz CT molecular complexity index is 1270. The highest BCUT2D eigenvalue weighted by Gasteiger charge is 2.60. The molecule has 3 aliphatic rings. The van der Waals surface area contributed by atoms with Crippen LogP contribution >= 0.6 is 0 Å². The summed E-state index contributed by atoms with van der Waals surface area (Å²) in [4.78, 5) is 27.3. The number of phenols is 1. The van der Waals surface area contributed by atoms with Crippen LogP contribution in [0.4, 0.5) is 4.39 Å². The van der Waals surface area contributed by atoms with Gasteiger partial charge in [0.1, 0.15) is 23.1 Å². The second kappa shape index (κ2) is 9.27. The second-order valence-electron chi connectivity index (χ2n) is 10.9. The van der Waals surface area contributed by atoms with Crippen molar-refractivity contribution in [2.45, 2.75) is 44.9 Å². The first-order valence-corrected chi connectivity index (χ1v) is 12.3. The minimum atomic E-state index is -2.28. The summed E-state index contributed by atoms with van der Waals surface area (Å²) in [6.07, 6.45) is 0.0549. The Hall–Kier alpha value is -3.21. The third-order valence-corrected chi connectivity index (χ3v) is 7.79. The normalized spacial score (nSPS) is 27.5. The lowest BCUT2D eigenvalue weighted by atomic mass is 9.57. The van der Waals surface area contributed by atoms with Crippen LogP contribution in [0.1, 0.15) is 41.8 Å². The Morgan fingerprint density at radius 3 is 2.54 bits per heavy atom. The molecule has 0 bridgehead atoms. The van der Waals surface area contributed by atoms with Crippen LogP contribution in [0.25, 0.3) is 0 Å². The van der Waals surface area contributed by atoms with Crippen molar-refractivity contribution in [3.8, 4) is 5.75 Å². The van der Waals surface area contributed by atoms with Gasteiger partial charge in [0.25, 0.3) is 5.91 Å². The van der Waals surface area contributed by atoms with Crippen molar-refractivity contribution in [1.29, 1.82) is 0 Å². The van der Waals surface area contributed by atoms with Crippen LogP contribution in [0.2, 0.25) is 0 Å². The summed E-state index contributed by atoms with van der Waals surface area (Å²) < 4.78 is 15.6. The maximum Gasteiger partial charge on any atom is 0.252 e. The van der Waals surface area contributed by atoms with Gasteiger partial charge in [-0.2, -0.15) is 0 Å². The molecular weight excluding hydrogens is 481 g/mol. The van der Waals surface area contributed by atoms with Crippen LogP contribution in [0.15, 0.2) is 40.9 Å². The molecule has 0 saturated carbocycles. The Kier molecular flexibility index (Phi) is 6.72. The molecular formula is C27H34FN3O6. The number of carbonyl (C=O) groups excluding carboxylic acids is 2. The number of fused-ring (bicyclic) bond motifs is 3. The summed E-state index contributed by atoms with van der Waals surface area (Å²) in [6, 6.07) is 0.258. The van der Waals surface area contributed by atoms with Gasteiger partial charge < -0.3 is 31.5 Å². The van der Waals surface area contributed by atoms with Gasteiger partial charge in [-0.25, -0.2) is 4.39 Å². The number of aliphatic hydroxyl groups is 3. The number of nitrogens with zero attached hydrogens (tertiary/aromatic N) is 1. The van der Waals surface area contributed by atoms with E-state index in [1.807, 2.05) is 13.8 Å². The molecule has 1 unspecified atom stereocenters. The van der Waals surface area contributed by atoms with Gasteiger partial charge in [-0.3, -0.25) is 14.5 Å². The Morgan fingerprint density at radius 1 is 1.32 bits per heavy atom. The Labute approximate surface area is 214 Å². The van der Waals surface area contributed by atoms with E-state index in [0.29, 0.717) is 12.5 Å². The van der Waals surface area contributed by atoms with Crippen molar-refractivity contribution in [2.75, 3.05) is 20.6 Å². The number of aliphatic hydroxyl groups excluding tert-OH is 2. The van der Waals surface area contributed by atoms with Crippen molar-refractivity contribution in [3.63, 3.8) is 0 Å². The number of halogens is 1. The molecule has 1 aromatic carbocycles. The maximum absolute atomic E-state index is 15.6. The lowest BCUT2D eigenvalue weighted by molar-refractivity contribution is -0.115. The highest BCUT2D eigenvalue weighted by Crippen LogP contribution is 2.55. The molecule has 37 heavy (non-hydrogen) atoms. The average Bonchev–Trinajstić information content (AvgIpc) is 2.78. The van der Waals surface area contributed by atoms with Crippen molar-refractivity contribution < 1.29 is 34.4 Å². The van der Waals surface area contributed by atoms with E-state index in [1.165, 1.54) is 6.07 Å². The number of ketones is 1. The predicted molar refractivity (Wildman–Crippen MR) is 134 cm³/mol. The molecule has 200 valence electrons. The first kappa shape index (κ1) is 26.8. The first-order valence-electron chi connectivity index (χ1n) is 12.3. The second-order valence-corrected chi connectivity index (χ2v) is 10.9. The van der Waals surface area contributed by atoms with Crippen LogP contribution in [0.5, 0.6) is 5.75 Å². The number of phenolic OH excluding ortho intramolecular Hbond substituents is 1. The molecule has 0 saturated heterocycles. The fourth-order valence-corrected chi connectivity index (χ4v) is 6.14. The van der Waals surface area contributed by atoms with E-state index in [2.05, 4.69) is 11.9 Å². The summed E-state index contributed by atoms with van der Waals surface area (Å²) in [5.74, 6) is -5.28. The number of primary amides is 1. The molecule has 10 heteroatoms. The van der Waals surface area contributed by atoms with Gasteiger partial charge in [-0.1, -0.05) is 20.4 Å². The van der Waals surface area contributed by atoms with Gasteiger partial charge in [-0.05, 0) is 51.4 Å². The molecule has 0 fully saturated rings. The summed E-state index contributed by atoms with van der Waals surface area (Å²) in [7, 11) is 3.25. The number of allylic oxidation sites excluding steroid dienone is 1. The third-order valence-electron chi connectivity index (χ3n) is 7.79. The number of nitrogens with one attached hydrogen (secondary N) is 1. The van der Waals surface area contributed by atoms with E-state index >= 15 is 4.39 Å². The highest BCUT2D eigenvalue weighted by molar-refractivity contribution is 6.13. The number of hydrogen-bond acceptors (Lipinski definition) is 8. The summed E-state index contributed by atoms with van der Waals surface area (Å²) in [5, 5.41) is 48.0. The SMILES string of the molecule is C=C1C(C(N)=O)=C(O)[C@@H](N(C)C)C2C[C@@H]3Cc4c(F)c(CNCC(C)C)cc(O)c4C(=O)C3=C(O)[C@]12O. The summed E-state index contributed by atoms with van der Waals surface area (Å²) in [5.41, 5.74) is 2.29. The molecule has 1 amide bonds. The molecule has 0 spiro atoms. The minimum absolute atomic E-state index is 0.00968. The van der Waals surface area contributed by atoms with Gasteiger partial charge in [0.2, 0.25) is 0 Å². The predicted octanol–water partition coefficient (Wildman–Crippen LogP) is 1.99. The highest BCUT2D eigenvalue weighted by atomic mass is 19.1. The van der Waals surface area contributed by atoms with Crippen LogP contribution in [-0.4, -0.2) is 69.3 Å². The molecule has 0 radical (unpaired) electrons. The summed E-state index contributed by atoms with van der Waals surface area (Å²) >= 11 is 0. The molecule has 4 atom stereocenters. The van der Waals surface area contributed by atoms with Crippen LogP contribution in [-0.2, 0) is 17.8 Å². The van der Waals surface area contributed by atoms with Crippen LogP contribution < -0.4 is 11.1 Å². The van der Waals surface area contributed by atoms with Gasteiger partial charge in [0.15, 0.2) is 11.4 Å². The monoisotopic (exact) mass is 515 g/mol. The smallest absolute Gasteiger partial charge is 0.252 e. The Morgan fingerprint density at radius 2 is 1.97 bits per heavy atom. The Balaban J connectivity index is 1.86. The number of benzene rings is 1. The minimum Gasteiger partial charge on any atom is -0.510 e. The largest absolute Gasteiger partial charge is 0.510 e. The maximum atomic E-state index is 15.6. The van der Waals surface area contributed by atoms with Gasteiger partial charge in [-0.15, -0.1) is 0 Å².